The van der Waals surface area contributed by atoms with Gasteiger partial charge in [0.25, 0.3) is 0 Å². The van der Waals surface area contributed by atoms with E-state index in [0.717, 1.165) is 36.7 Å². The van der Waals surface area contributed by atoms with Crippen molar-refractivity contribution < 1.29 is 9.47 Å². The van der Waals surface area contributed by atoms with Crippen LogP contribution in [0.25, 0.3) is 0 Å². The van der Waals surface area contributed by atoms with Crippen molar-refractivity contribution in [2.24, 2.45) is 7.05 Å². The Morgan fingerprint density at radius 3 is 2.89 bits per heavy atom. The molecule has 0 radical (unpaired) electrons. The van der Waals surface area contributed by atoms with E-state index in [9.17, 15) is 0 Å². The summed E-state index contributed by atoms with van der Waals surface area (Å²) in [7, 11) is 1.94. The van der Waals surface area contributed by atoms with E-state index in [1.165, 1.54) is 6.42 Å². The molecule has 2 unspecified atom stereocenters. The summed E-state index contributed by atoms with van der Waals surface area (Å²) in [6, 6.07) is 0.391. The highest BCUT2D eigenvalue weighted by molar-refractivity contribution is 5.31. The third kappa shape index (κ3) is 3.48. The first-order valence-electron chi connectivity index (χ1n) is 7.07. The number of hydrogen-bond acceptors (Lipinski definition) is 4. The monoisotopic (exact) mass is 267 g/mol. The Balaban J connectivity index is 1.71. The SMILES string of the molecule is Cc1nn(C)c(C)c1OCCNC(C)C1CCCO1. The van der Waals surface area contributed by atoms with Gasteiger partial charge in [-0.25, -0.2) is 0 Å². The van der Waals surface area contributed by atoms with Crippen molar-refractivity contribution >= 4 is 0 Å². The number of hydrogen-bond donors (Lipinski definition) is 1. The molecular weight excluding hydrogens is 242 g/mol. The number of nitrogens with one attached hydrogen (secondary N) is 1. The lowest BCUT2D eigenvalue weighted by molar-refractivity contribution is 0.0824. The predicted molar refractivity (Wildman–Crippen MR) is 74.6 cm³/mol. The summed E-state index contributed by atoms with van der Waals surface area (Å²) < 4.78 is 13.3. The lowest BCUT2D eigenvalue weighted by Crippen LogP contribution is -2.39. The first-order chi connectivity index (χ1) is 9.09. The molecule has 2 rings (SSSR count). The summed E-state index contributed by atoms with van der Waals surface area (Å²) >= 11 is 0. The molecule has 0 bridgehead atoms. The molecule has 0 saturated carbocycles. The van der Waals surface area contributed by atoms with Crippen molar-refractivity contribution in [1.29, 1.82) is 0 Å². The van der Waals surface area contributed by atoms with Gasteiger partial charge in [0.05, 0.1) is 11.8 Å². The maximum Gasteiger partial charge on any atom is 0.163 e. The Kier molecular flexibility index (Phi) is 4.82. The Morgan fingerprint density at radius 2 is 2.32 bits per heavy atom. The van der Waals surface area contributed by atoms with Crippen LogP contribution in [0, 0.1) is 13.8 Å². The Bertz CT molecular complexity index is 411. The molecule has 1 fully saturated rings. The van der Waals surface area contributed by atoms with Crippen LogP contribution in [0.1, 0.15) is 31.2 Å². The van der Waals surface area contributed by atoms with Gasteiger partial charge >= 0.3 is 0 Å². The third-order valence-corrected chi connectivity index (χ3v) is 3.78. The number of ether oxygens (including phenoxy) is 2. The lowest BCUT2D eigenvalue weighted by atomic mass is 10.1. The second-order valence-electron chi connectivity index (χ2n) is 5.27. The number of rotatable bonds is 6. The van der Waals surface area contributed by atoms with Gasteiger partial charge in [-0.05, 0) is 33.6 Å². The molecule has 5 heteroatoms. The van der Waals surface area contributed by atoms with E-state index in [-0.39, 0.29) is 0 Å². The molecule has 0 spiro atoms. The molecule has 19 heavy (non-hydrogen) atoms. The standard InChI is InChI=1S/C14H25N3O2/c1-10(13-6-5-8-18-13)15-7-9-19-14-11(2)16-17(4)12(14)3/h10,13,15H,5-9H2,1-4H3. The predicted octanol–water partition coefficient (Wildman–Crippen LogP) is 1.57. The highest BCUT2D eigenvalue weighted by Gasteiger charge is 2.21. The fourth-order valence-corrected chi connectivity index (χ4v) is 2.53. The van der Waals surface area contributed by atoms with Crippen LogP contribution in [-0.2, 0) is 11.8 Å². The largest absolute Gasteiger partial charge is 0.488 e. The van der Waals surface area contributed by atoms with Crippen LogP contribution in [-0.4, -0.2) is 41.7 Å². The fourth-order valence-electron chi connectivity index (χ4n) is 2.53. The molecule has 1 N–H and O–H groups in total. The quantitative estimate of drug-likeness (QED) is 0.795. The first kappa shape index (κ1) is 14.3. The molecule has 1 aromatic heterocycles. The molecule has 108 valence electrons. The van der Waals surface area contributed by atoms with Crippen LogP contribution in [0.5, 0.6) is 5.75 Å². The first-order valence-corrected chi connectivity index (χ1v) is 7.07. The van der Waals surface area contributed by atoms with E-state index >= 15 is 0 Å². The van der Waals surface area contributed by atoms with Crippen molar-refractivity contribution in [3.8, 4) is 5.75 Å². The maximum atomic E-state index is 5.81. The van der Waals surface area contributed by atoms with Crippen molar-refractivity contribution in [2.75, 3.05) is 19.8 Å². The second-order valence-corrected chi connectivity index (χ2v) is 5.27. The van der Waals surface area contributed by atoms with Crippen LogP contribution < -0.4 is 10.1 Å². The number of nitrogens with zero attached hydrogens (tertiary/aromatic N) is 2. The van der Waals surface area contributed by atoms with Crippen molar-refractivity contribution in [3.05, 3.63) is 11.4 Å². The molecule has 1 aliphatic rings. The minimum Gasteiger partial charge on any atom is -0.488 e. The zero-order valence-electron chi connectivity index (χ0n) is 12.4. The molecule has 0 aliphatic carbocycles. The van der Waals surface area contributed by atoms with Gasteiger partial charge in [-0.2, -0.15) is 5.10 Å². The van der Waals surface area contributed by atoms with E-state index in [4.69, 9.17) is 9.47 Å². The number of aromatic nitrogens is 2. The van der Waals surface area contributed by atoms with Crippen LogP contribution >= 0.6 is 0 Å². The van der Waals surface area contributed by atoms with Gasteiger partial charge in [0.1, 0.15) is 12.3 Å². The summed E-state index contributed by atoms with van der Waals surface area (Å²) in [4.78, 5) is 0. The van der Waals surface area contributed by atoms with Gasteiger partial charge in [0, 0.05) is 26.2 Å². The van der Waals surface area contributed by atoms with Gasteiger partial charge in [-0.3, -0.25) is 4.68 Å². The molecular formula is C14H25N3O2. The van der Waals surface area contributed by atoms with Crippen LogP contribution in [0.15, 0.2) is 0 Å². The average Bonchev–Trinajstić information content (AvgIpc) is 2.98. The van der Waals surface area contributed by atoms with Gasteiger partial charge in [-0.15, -0.1) is 0 Å². The summed E-state index contributed by atoms with van der Waals surface area (Å²) in [5.41, 5.74) is 2.02. The van der Waals surface area contributed by atoms with E-state index in [1.54, 1.807) is 0 Å². The maximum absolute atomic E-state index is 5.81. The molecule has 0 aromatic carbocycles. The molecule has 2 heterocycles. The van der Waals surface area contributed by atoms with Gasteiger partial charge in [0.2, 0.25) is 0 Å². The summed E-state index contributed by atoms with van der Waals surface area (Å²) in [6.07, 6.45) is 2.71. The van der Waals surface area contributed by atoms with Crippen LogP contribution in [0.3, 0.4) is 0 Å². The fraction of sp³-hybridized carbons (Fsp3) is 0.786. The van der Waals surface area contributed by atoms with E-state index < -0.39 is 0 Å². The second kappa shape index (κ2) is 6.39. The van der Waals surface area contributed by atoms with Crippen molar-refractivity contribution in [2.45, 2.75) is 45.8 Å². The zero-order valence-corrected chi connectivity index (χ0v) is 12.4. The molecule has 1 saturated heterocycles. The smallest absolute Gasteiger partial charge is 0.163 e. The molecule has 0 amide bonds. The Hall–Kier alpha value is -1.07. The third-order valence-electron chi connectivity index (χ3n) is 3.78. The highest BCUT2D eigenvalue weighted by Crippen LogP contribution is 2.21. The van der Waals surface area contributed by atoms with Gasteiger partial charge in [-0.1, -0.05) is 0 Å². The van der Waals surface area contributed by atoms with E-state index in [0.29, 0.717) is 18.8 Å². The normalized spacial score (nSPS) is 20.7. The Labute approximate surface area is 115 Å². The molecule has 1 aliphatic heterocycles. The van der Waals surface area contributed by atoms with Crippen molar-refractivity contribution in [1.82, 2.24) is 15.1 Å². The van der Waals surface area contributed by atoms with Gasteiger partial charge in [0.15, 0.2) is 5.75 Å². The molecule has 2 atom stereocenters. The van der Waals surface area contributed by atoms with Gasteiger partial charge < -0.3 is 14.8 Å². The summed E-state index contributed by atoms with van der Waals surface area (Å²) in [6.45, 7) is 8.57. The van der Waals surface area contributed by atoms with E-state index in [2.05, 4.69) is 17.3 Å². The zero-order chi connectivity index (χ0) is 13.8. The summed E-state index contributed by atoms with van der Waals surface area (Å²) in [5.74, 6) is 0.911. The van der Waals surface area contributed by atoms with Crippen LogP contribution in [0.2, 0.25) is 0 Å². The minimum absolute atomic E-state index is 0.363. The van der Waals surface area contributed by atoms with Crippen molar-refractivity contribution in [3.63, 3.8) is 0 Å². The highest BCUT2D eigenvalue weighted by atomic mass is 16.5. The van der Waals surface area contributed by atoms with E-state index in [1.807, 2.05) is 25.6 Å². The number of aryl methyl sites for hydroxylation is 2. The lowest BCUT2D eigenvalue weighted by Gasteiger charge is -2.20. The topological polar surface area (TPSA) is 48.3 Å². The Morgan fingerprint density at radius 1 is 1.53 bits per heavy atom. The molecule has 1 aromatic rings. The average molecular weight is 267 g/mol. The van der Waals surface area contributed by atoms with Crippen LogP contribution in [0.4, 0.5) is 0 Å². The minimum atomic E-state index is 0.363. The summed E-state index contributed by atoms with van der Waals surface area (Å²) in [5, 5.41) is 7.80. The molecule has 5 nitrogen and oxygen atoms in total.